The average molecular weight is 484 g/mol. The van der Waals surface area contributed by atoms with E-state index in [1.165, 1.54) is 12.1 Å². The minimum atomic E-state index is -0.937. The van der Waals surface area contributed by atoms with Crippen molar-refractivity contribution in [1.29, 1.82) is 0 Å². The molecule has 4 rings (SSSR count). The van der Waals surface area contributed by atoms with Crippen LogP contribution in [-0.4, -0.2) is 37.6 Å². The summed E-state index contributed by atoms with van der Waals surface area (Å²) >= 11 is 3.56. The molecule has 0 unspecified atom stereocenters. The zero-order chi connectivity index (χ0) is 22.0. The fourth-order valence-corrected chi connectivity index (χ4v) is 5.04. The van der Waals surface area contributed by atoms with Gasteiger partial charge in [0.25, 0.3) is 0 Å². The largest absolute Gasteiger partial charge is 0.504 e. The van der Waals surface area contributed by atoms with E-state index in [1.54, 1.807) is 18.5 Å². The highest BCUT2D eigenvalue weighted by molar-refractivity contribution is 9.10. The first-order valence-electron chi connectivity index (χ1n) is 9.98. The van der Waals surface area contributed by atoms with Gasteiger partial charge < -0.3 is 10.2 Å². The molecule has 0 spiro atoms. The first kappa shape index (κ1) is 21.3. The van der Waals surface area contributed by atoms with E-state index in [0.717, 1.165) is 15.6 Å². The molecule has 1 aliphatic heterocycles. The summed E-state index contributed by atoms with van der Waals surface area (Å²) in [4.78, 5) is 18.4. The molecule has 3 atom stereocenters. The van der Waals surface area contributed by atoms with E-state index in [4.69, 9.17) is 0 Å². The predicted octanol–water partition coefficient (Wildman–Crippen LogP) is 4.63. The standard InChI is InChI=1S/C23H22BrN3O4/c24-19-6-2-1-5-17(19)18-9-11-26(14-15-4-3-10-25-13-15)22(23(18)27(30)31)16-7-8-20(28)21(29)12-16/h1-8,10,12-13,18,22-23,28-29H,9,11,14H2/t18-,22+,23-/m1/s1. The number of halogens is 1. The molecule has 160 valence electrons. The van der Waals surface area contributed by atoms with Gasteiger partial charge in [0.05, 0.1) is 5.92 Å². The Morgan fingerprint density at radius 3 is 2.61 bits per heavy atom. The summed E-state index contributed by atoms with van der Waals surface area (Å²) in [6.07, 6.45) is 4.07. The molecule has 1 aromatic heterocycles. The zero-order valence-electron chi connectivity index (χ0n) is 16.6. The Bertz CT molecular complexity index is 1080. The molecular weight excluding hydrogens is 462 g/mol. The van der Waals surface area contributed by atoms with Crippen LogP contribution in [0.1, 0.15) is 35.1 Å². The first-order valence-corrected chi connectivity index (χ1v) is 10.8. The number of aromatic hydroxyl groups is 2. The second kappa shape index (κ2) is 9.03. The van der Waals surface area contributed by atoms with Crippen molar-refractivity contribution in [3.05, 3.63) is 98.3 Å². The summed E-state index contributed by atoms with van der Waals surface area (Å²) < 4.78 is 0.847. The third-order valence-corrected chi connectivity index (χ3v) is 6.58. The van der Waals surface area contributed by atoms with Crippen LogP contribution in [0.25, 0.3) is 0 Å². The molecule has 0 aliphatic carbocycles. The summed E-state index contributed by atoms with van der Waals surface area (Å²) in [5.41, 5.74) is 2.45. The van der Waals surface area contributed by atoms with Crippen LogP contribution in [0.15, 0.2) is 71.5 Å². The molecule has 0 bridgehead atoms. The van der Waals surface area contributed by atoms with Crippen LogP contribution in [0.4, 0.5) is 0 Å². The number of nitrogens with zero attached hydrogens (tertiary/aromatic N) is 3. The van der Waals surface area contributed by atoms with E-state index >= 15 is 0 Å². The summed E-state index contributed by atoms with van der Waals surface area (Å²) in [7, 11) is 0. The van der Waals surface area contributed by atoms with E-state index in [0.29, 0.717) is 25.1 Å². The van der Waals surface area contributed by atoms with Crippen molar-refractivity contribution in [3.8, 4) is 11.5 Å². The van der Waals surface area contributed by atoms with Gasteiger partial charge in [-0.15, -0.1) is 0 Å². The van der Waals surface area contributed by atoms with Crippen LogP contribution in [0.3, 0.4) is 0 Å². The lowest BCUT2D eigenvalue weighted by molar-refractivity contribution is -0.540. The minimum Gasteiger partial charge on any atom is -0.504 e. The summed E-state index contributed by atoms with van der Waals surface area (Å²) in [6.45, 7) is 1.13. The highest BCUT2D eigenvalue weighted by atomic mass is 79.9. The Kier molecular flexibility index (Phi) is 6.20. The highest BCUT2D eigenvalue weighted by Crippen LogP contribution is 2.44. The maximum absolute atomic E-state index is 12.4. The number of hydrogen-bond acceptors (Lipinski definition) is 6. The summed E-state index contributed by atoms with van der Waals surface area (Å²) in [6, 6.07) is 14.3. The number of aromatic nitrogens is 1. The lowest BCUT2D eigenvalue weighted by Crippen LogP contribution is -2.48. The van der Waals surface area contributed by atoms with Gasteiger partial charge in [0.2, 0.25) is 6.04 Å². The molecule has 0 saturated carbocycles. The van der Waals surface area contributed by atoms with Crippen molar-refractivity contribution >= 4 is 15.9 Å². The number of phenols is 2. The first-order chi connectivity index (χ1) is 15.0. The van der Waals surface area contributed by atoms with Gasteiger partial charge in [0.15, 0.2) is 11.5 Å². The molecule has 1 aliphatic rings. The van der Waals surface area contributed by atoms with Crippen molar-refractivity contribution < 1.29 is 15.1 Å². The van der Waals surface area contributed by atoms with Crippen molar-refractivity contribution in [2.24, 2.45) is 0 Å². The molecule has 2 heterocycles. The molecule has 8 heteroatoms. The smallest absolute Gasteiger partial charge is 0.239 e. The maximum atomic E-state index is 12.4. The van der Waals surface area contributed by atoms with Crippen LogP contribution < -0.4 is 0 Å². The van der Waals surface area contributed by atoms with E-state index < -0.39 is 12.1 Å². The van der Waals surface area contributed by atoms with Gasteiger partial charge in [-0.1, -0.05) is 46.3 Å². The van der Waals surface area contributed by atoms with E-state index in [-0.39, 0.29) is 22.3 Å². The molecule has 31 heavy (non-hydrogen) atoms. The Balaban J connectivity index is 1.80. The van der Waals surface area contributed by atoms with Crippen molar-refractivity contribution in [3.63, 3.8) is 0 Å². The van der Waals surface area contributed by atoms with Gasteiger partial charge in [-0.2, -0.15) is 0 Å². The molecular formula is C23H22BrN3O4. The molecule has 2 aromatic carbocycles. The number of rotatable bonds is 5. The molecule has 0 radical (unpaired) electrons. The quantitative estimate of drug-likeness (QED) is 0.311. The second-order valence-electron chi connectivity index (χ2n) is 7.72. The number of piperidine rings is 1. The third kappa shape index (κ3) is 4.40. The number of phenolic OH excluding ortho intramolecular Hbond substituents is 2. The van der Waals surface area contributed by atoms with Gasteiger partial charge in [0.1, 0.15) is 6.04 Å². The zero-order valence-corrected chi connectivity index (χ0v) is 18.2. The number of likely N-dealkylation sites (tertiary alicyclic amines) is 1. The van der Waals surface area contributed by atoms with E-state index in [2.05, 4.69) is 25.8 Å². The van der Waals surface area contributed by atoms with Crippen LogP contribution in [0.5, 0.6) is 11.5 Å². The predicted molar refractivity (Wildman–Crippen MR) is 119 cm³/mol. The molecule has 1 saturated heterocycles. The van der Waals surface area contributed by atoms with Gasteiger partial charge in [-0.25, -0.2) is 0 Å². The molecule has 7 nitrogen and oxygen atoms in total. The second-order valence-corrected chi connectivity index (χ2v) is 8.57. The van der Waals surface area contributed by atoms with Gasteiger partial charge in [0, 0.05) is 34.9 Å². The lowest BCUT2D eigenvalue weighted by atomic mass is 9.78. The highest BCUT2D eigenvalue weighted by Gasteiger charge is 2.48. The number of benzene rings is 2. The van der Waals surface area contributed by atoms with Crippen LogP contribution in [0.2, 0.25) is 0 Å². The Labute approximate surface area is 188 Å². The van der Waals surface area contributed by atoms with E-state index in [9.17, 15) is 20.3 Å². The van der Waals surface area contributed by atoms with Crippen molar-refractivity contribution in [2.75, 3.05) is 6.54 Å². The van der Waals surface area contributed by atoms with Crippen LogP contribution >= 0.6 is 15.9 Å². The van der Waals surface area contributed by atoms with Gasteiger partial charge in [-0.05, 0) is 47.4 Å². The molecule has 1 fully saturated rings. The lowest BCUT2D eigenvalue weighted by Gasteiger charge is -2.41. The Morgan fingerprint density at radius 1 is 1.13 bits per heavy atom. The summed E-state index contributed by atoms with van der Waals surface area (Å²) in [5, 5.41) is 32.3. The molecule has 2 N–H and O–H groups in total. The van der Waals surface area contributed by atoms with Crippen molar-refractivity contribution in [2.45, 2.75) is 31.0 Å². The number of hydrogen-bond donors (Lipinski definition) is 2. The SMILES string of the molecule is O=[N+]([O-])[C@@H]1[C@@H](c2ccccc2Br)CCN(Cc2cccnc2)[C@H]1c1ccc(O)c(O)c1. The fraction of sp³-hybridized carbons (Fsp3) is 0.261. The fourth-order valence-electron chi connectivity index (χ4n) is 4.46. The van der Waals surface area contributed by atoms with Crippen LogP contribution in [-0.2, 0) is 6.54 Å². The van der Waals surface area contributed by atoms with Crippen molar-refractivity contribution in [1.82, 2.24) is 9.88 Å². The average Bonchev–Trinajstić information content (AvgIpc) is 2.76. The normalized spacial score (nSPS) is 21.6. The maximum Gasteiger partial charge on any atom is 0.239 e. The van der Waals surface area contributed by atoms with Gasteiger partial charge in [-0.3, -0.25) is 20.0 Å². The number of pyridine rings is 1. The third-order valence-electron chi connectivity index (χ3n) is 5.85. The number of nitro groups is 1. The molecule has 0 amide bonds. The Hall–Kier alpha value is -2.97. The topological polar surface area (TPSA) is 99.7 Å². The monoisotopic (exact) mass is 483 g/mol. The van der Waals surface area contributed by atoms with Crippen LogP contribution in [0, 0.1) is 10.1 Å². The molecule has 3 aromatic rings. The minimum absolute atomic E-state index is 0.214. The summed E-state index contributed by atoms with van der Waals surface area (Å²) in [5.74, 6) is -0.848. The van der Waals surface area contributed by atoms with Gasteiger partial charge >= 0.3 is 0 Å². The Morgan fingerprint density at radius 2 is 1.94 bits per heavy atom. The van der Waals surface area contributed by atoms with E-state index in [1.807, 2.05) is 36.4 Å².